The molecular formula is C13H18O2S. The highest BCUT2D eigenvalue weighted by atomic mass is 32.2. The van der Waals surface area contributed by atoms with Gasteiger partial charge in [-0.15, -0.1) is 11.8 Å². The smallest absolute Gasteiger partial charge is 0.316 e. The maximum atomic E-state index is 11.3. The first kappa shape index (κ1) is 13.1. The summed E-state index contributed by atoms with van der Waals surface area (Å²) < 4.78 is 5.11. The number of thioether (sulfide) groups is 1. The SMILES string of the molecule is CCCCCOC(=O)CSc1ccccc1. The van der Waals surface area contributed by atoms with Crippen LogP contribution in [-0.2, 0) is 9.53 Å². The number of rotatable bonds is 7. The van der Waals surface area contributed by atoms with Crippen molar-refractivity contribution in [3.63, 3.8) is 0 Å². The van der Waals surface area contributed by atoms with Crippen LogP contribution < -0.4 is 0 Å². The van der Waals surface area contributed by atoms with Gasteiger partial charge in [-0.25, -0.2) is 0 Å². The molecule has 0 radical (unpaired) electrons. The number of esters is 1. The standard InChI is InChI=1S/C13H18O2S/c1-2-3-7-10-15-13(14)11-16-12-8-5-4-6-9-12/h4-6,8-9H,2-3,7,10-11H2,1H3. The topological polar surface area (TPSA) is 26.3 Å². The van der Waals surface area contributed by atoms with Crippen molar-refractivity contribution in [1.82, 2.24) is 0 Å². The third-order valence-electron chi connectivity index (χ3n) is 2.11. The number of carbonyl (C=O) groups is 1. The predicted molar refractivity (Wildman–Crippen MR) is 67.7 cm³/mol. The van der Waals surface area contributed by atoms with Crippen molar-refractivity contribution in [3.05, 3.63) is 30.3 Å². The quantitative estimate of drug-likeness (QED) is 0.413. The Labute approximate surface area is 101 Å². The largest absolute Gasteiger partial charge is 0.465 e. The van der Waals surface area contributed by atoms with Crippen LogP contribution in [0.25, 0.3) is 0 Å². The summed E-state index contributed by atoms with van der Waals surface area (Å²) >= 11 is 1.52. The van der Waals surface area contributed by atoms with Gasteiger partial charge >= 0.3 is 5.97 Å². The van der Waals surface area contributed by atoms with E-state index in [1.807, 2.05) is 30.3 Å². The summed E-state index contributed by atoms with van der Waals surface area (Å²) in [5.74, 6) is 0.279. The second kappa shape index (κ2) is 8.22. The maximum absolute atomic E-state index is 11.3. The fourth-order valence-electron chi connectivity index (χ4n) is 1.24. The average Bonchev–Trinajstić information content (AvgIpc) is 2.33. The first-order chi connectivity index (χ1) is 7.83. The second-order valence-corrected chi connectivity index (χ2v) is 4.58. The van der Waals surface area contributed by atoms with Crippen molar-refractivity contribution < 1.29 is 9.53 Å². The molecule has 88 valence electrons. The molecule has 1 aromatic carbocycles. The van der Waals surface area contributed by atoms with Gasteiger partial charge in [0.15, 0.2) is 0 Å². The Bertz CT molecular complexity index is 298. The monoisotopic (exact) mass is 238 g/mol. The third kappa shape index (κ3) is 5.81. The van der Waals surface area contributed by atoms with Crippen LogP contribution in [0.3, 0.4) is 0 Å². The maximum Gasteiger partial charge on any atom is 0.316 e. The molecule has 0 aliphatic rings. The highest BCUT2D eigenvalue weighted by Gasteiger charge is 2.03. The fraction of sp³-hybridized carbons (Fsp3) is 0.462. The van der Waals surface area contributed by atoms with Gasteiger partial charge in [0.05, 0.1) is 12.4 Å². The molecular weight excluding hydrogens is 220 g/mol. The fourth-order valence-corrected chi connectivity index (χ4v) is 1.96. The zero-order chi connectivity index (χ0) is 11.6. The molecule has 0 aromatic heterocycles. The Kier molecular flexibility index (Phi) is 6.74. The summed E-state index contributed by atoms with van der Waals surface area (Å²) in [6, 6.07) is 9.89. The molecule has 2 nitrogen and oxygen atoms in total. The lowest BCUT2D eigenvalue weighted by atomic mass is 10.3. The number of benzene rings is 1. The van der Waals surface area contributed by atoms with Crippen molar-refractivity contribution >= 4 is 17.7 Å². The lowest BCUT2D eigenvalue weighted by Crippen LogP contribution is -2.08. The van der Waals surface area contributed by atoms with Crippen LogP contribution in [-0.4, -0.2) is 18.3 Å². The molecule has 0 saturated carbocycles. The van der Waals surface area contributed by atoms with Crippen LogP contribution in [0, 0.1) is 0 Å². The van der Waals surface area contributed by atoms with Crippen LogP contribution in [0.1, 0.15) is 26.2 Å². The minimum absolute atomic E-state index is 0.120. The molecule has 3 heteroatoms. The van der Waals surface area contributed by atoms with E-state index in [2.05, 4.69) is 6.92 Å². The van der Waals surface area contributed by atoms with Crippen LogP contribution in [0.15, 0.2) is 35.2 Å². The van der Waals surface area contributed by atoms with Crippen molar-refractivity contribution in [2.75, 3.05) is 12.4 Å². The van der Waals surface area contributed by atoms with E-state index in [0.29, 0.717) is 12.4 Å². The van der Waals surface area contributed by atoms with Crippen molar-refractivity contribution in [3.8, 4) is 0 Å². The van der Waals surface area contributed by atoms with Gasteiger partial charge in [0.1, 0.15) is 0 Å². The minimum atomic E-state index is -0.120. The first-order valence-corrected chi connectivity index (χ1v) is 6.65. The molecule has 0 amide bonds. The lowest BCUT2D eigenvalue weighted by molar-refractivity contribution is -0.140. The van der Waals surface area contributed by atoms with E-state index in [1.165, 1.54) is 11.8 Å². The Morgan fingerprint density at radius 1 is 1.25 bits per heavy atom. The van der Waals surface area contributed by atoms with Crippen LogP contribution in [0.4, 0.5) is 0 Å². The first-order valence-electron chi connectivity index (χ1n) is 5.66. The highest BCUT2D eigenvalue weighted by molar-refractivity contribution is 8.00. The third-order valence-corrected chi connectivity index (χ3v) is 3.10. The molecule has 0 unspecified atom stereocenters. The zero-order valence-electron chi connectivity index (χ0n) is 9.65. The Balaban J connectivity index is 2.11. The molecule has 0 N–H and O–H groups in total. The van der Waals surface area contributed by atoms with Crippen molar-refractivity contribution in [1.29, 1.82) is 0 Å². The second-order valence-electron chi connectivity index (χ2n) is 3.53. The van der Waals surface area contributed by atoms with Crippen LogP contribution in [0.2, 0.25) is 0 Å². The molecule has 1 rings (SSSR count). The molecule has 0 fully saturated rings. The van der Waals surface area contributed by atoms with Gasteiger partial charge in [0.25, 0.3) is 0 Å². The molecule has 0 saturated heterocycles. The molecule has 16 heavy (non-hydrogen) atoms. The number of ether oxygens (including phenoxy) is 1. The molecule has 0 spiro atoms. The van der Waals surface area contributed by atoms with Gasteiger partial charge in [0.2, 0.25) is 0 Å². The van der Waals surface area contributed by atoms with E-state index in [9.17, 15) is 4.79 Å². The predicted octanol–water partition coefficient (Wildman–Crippen LogP) is 3.51. The van der Waals surface area contributed by atoms with E-state index in [4.69, 9.17) is 4.74 Å². The summed E-state index contributed by atoms with van der Waals surface area (Å²) in [5, 5.41) is 0. The van der Waals surface area contributed by atoms with Gasteiger partial charge in [-0.1, -0.05) is 38.0 Å². The van der Waals surface area contributed by atoms with Crippen LogP contribution in [0.5, 0.6) is 0 Å². The van der Waals surface area contributed by atoms with Gasteiger partial charge in [-0.3, -0.25) is 4.79 Å². The minimum Gasteiger partial charge on any atom is -0.465 e. The Morgan fingerprint density at radius 3 is 2.69 bits per heavy atom. The molecule has 0 aliphatic carbocycles. The summed E-state index contributed by atoms with van der Waals surface area (Å²) in [6.45, 7) is 2.69. The summed E-state index contributed by atoms with van der Waals surface area (Å²) in [6.07, 6.45) is 3.24. The highest BCUT2D eigenvalue weighted by Crippen LogP contribution is 2.16. The molecule has 0 heterocycles. The normalized spacial score (nSPS) is 10.1. The van der Waals surface area contributed by atoms with Gasteiger partial charge in [-0.05, 0) is 18.6 Å². The Morgan fingerprint density at radius 2 is 2.00 bits per heavy atom. The molecule has 1 aromatic rings. The van der Waals surface area contributed by atoms with Gasteiger partial charge in [0, 0.05) is 4.90 Å². The average molecular weight is 238 g/mol. The van der Waals surface area contributed by atoms with E-state index < -0.39 is 0 Å². The Hall–Kier alpha value is -0.960. The number of hydrogen-bond donors (Lipinski definition) is 0. The number of unbranched alkanes of at least 4 members (excludes halogenated alkanes) is 2. The summed E-state index contributed by atoms with van der Waals surface area (Å²) in [5.41, 5.74) is 0. The van der Waals surface area contributed by atoms with E-state index in [-0.39, 0.29) is 5.97 Å². The number of carbonyl (C=O) groups excluding carboxylic acids is 1. The molecule has 0 atom stereocenters. The summed E-state index contributed by atoms with van der Waals surface area (Å²) in [4.78, 5) is 12.4. The van der Waals surface area contributed by atoms with E-state index in [1.54, 1.807) is 0 Å². The lowest BCUT2D eigenvalue weighted by Gasteiger charge is -2.04. The van der Waals surface area contributed by atoms with Crippen molar-refractivity contribution in [2.45, 2.75) is 31.1 Å². The zero-order valence-corrected chi connectivity index (χ0v) is 10.5. The molecule has 0 bridgehead atoms. The molecule has 0 aliphatic heterocycles. The van der Waals surface area contributed by atoms with Crippen LogP contribution >= 0.6 is 11.8 Å². The summed E-state index contributed by atoms with van der Waals surface area (Å²) in [7, 11) is 0. The van der Waals surface area contributed by atoms with Crippen molar-refractivity contribution in [2.24, 2.45) is 0 Å². The van der Waals surface area contributed by atoms with Gasteiger partial charge in [-0.2, -0.15) is 0 Å². The number of hydrogen-bond acceptors (Lipinski definition) is 3. The van der Waals surface area contributed by atoms with E-state index in [0.717, 1.165) is 24.2 Å². The van der Waals surface area contributed by atoms with Gasteiger partial charge < -0.3 is 4.74 Å². The van der Waals surface area contributed by atoms with E-state index >= 15 is 0 Å².